The summed E-state index contributed by atoms with van der Waals surface area (Å²) in [4.78, 5) is 0. The van der Waals surface area contributed by atoms with Crippen molar-refractivity contribution in [2.45, 2.75) is 99.0 Å². The SMILES string of the molecule is CC(C)C(C)/C=C/[C@@H](C)[C@H]1CC[C@H]2[C@@H]3CC=C4CCCC(O)[C@]4(C)[C@H]3CC[C@]12C. The van der Waals surface area contributed by atoms with Crippen molar-refractivity contribution >= 4 is 0 Å². The summed E-state index contributed by atoms with van der Waals surface area (Å²) >= 11 is 0. The summed E-state index contributed by atoms with van der Waals surface area (Å²) < 4.78 is 0. The highest BCUT2D eigenvalue weighted by molar-refractivity contribution is 5.26. The van der Waals surface area contributed by atoms with Crippen LogP contribution in [0.3, 0.4) is 0 Å². The van der Waals surface area contributed by atoms with Gasteiger partial charge in [0.05, 0.1) is 6.10 Å². The van der Waals surface area contributed by atoms with Gasteiger partial charge < -0.3 is 5.11 Å². The molecule has 0 radical (unpaired) electrons. The largest absolute Gasteiger partial charge is 0.392 e. The minimum Gasteiger partial charge on any atom is -0.392 e. The van der Waals surface area contributed by atoms with E-state index in [0.717, 1.165) is 30.1 Å². The van der Waals surface area contributed by atoms with Gasteiger partial charge in [0.1, 0.15) is 0 Å². The number of hydrogen-bond donors (Lipinski definition) is 1. The maximum absolute atomic E-state index is 11.1. The molecule has 0 aromatic carbocycles. The van der Waals surface area contributed by atoms with Crippen molar-refractivity contribution in [3.05, 3.63) is 23.8 Å². The summed E-state index contributed by atoms with van der Waals surface area (Å²) in [7, 11) is 0. The molecule has 0 saturated heterocycles. The second kappa shape index (κ2) is 7.85. The molecule has 29 heavy (non-hydrogen) atoms. The third-order valence-corrected chi connectivity index (χ3v) is 10.6. The highest BCUT2D eigenvalue weighted by Crippen LogP contribution is 2.67. The van der Waals surface area contributed by atoms with Gasteiger partial charge in [-0.3, -0.25) is 0 Å². The molecule has 0 aliphatic heterocycles. The van der Waals surface area contributed by atoms with Crippen molar-refractivity contribution in [1.82, 2.24) is 0 Å². The molecule has 4 rings (SSSR count). The molecule has 0 amide bonds. The molecular weight excluding hydrogens is 352 g/mol. The van der Waals surface area contributed by atoms with Gasteiger partial charge in [0.2, 0.25) is 0 Å². The van der Waals surface area contributed by atoms with E-state index in [9.17, 15) is 5.11 Å². The standard InChI is InChI=1S/C28H46O/c1-18(2)19(3)10-11-20(4)23-14-15-24-22-13-12-21-8-7-9-26(29)28(21,6)25(22)16-17-27(23,24)5/h10-12,18-20,22-26,29H,7-9,13-17H2,1-6H3/b11-10+/t19?,20-,22+,23-,24+,25+,26?,27-,28+/m1/s1. The van der Waals surface area contributed by atoms with E-state index in [-0.39, 0.29) is 11.5 Å². The third kappa shape index (κ3) is 3.38. The molecule has 0 aromatic rings. The molecule has 4 aliphatic rings. The second-order valence-corrected chi connectivity index (χ2v) is 12.1. The van der Waals surface area contributed by atoms with E-state index >= 15 is 0 Å². The van der Waals surface area contributed by atoms with Crippen molar-refractivity contribution in [3.8, 4) is 0 Å². The predicted molar refractivity (Wildman–Crippen MR) is 124 cm³/mol. The summed E-state index contributed by atoms with van der Waals surface area (Å²) in [6.07, 6.45) is 17.7. The first-order valence-electron chi connectivity index (χ1n) is 12.8. The second-order valence-electron chi connectivity index (χ2n) is 12.1. The Bertz CT molecular complexity index is 659. The molecule has 2 unspecified atom stereocenters. The van der Waals surface area contributed by atoms with Gasteiger partial charge in [0.25, 0.3) is 0 Å². The van der Waals surface area contributed by atoms with Crippen LogP contribution < -0.4 is 0 Å². The smallest absolute Gasteiger partial charge is 0.0633 e. The topological polar surface area (TPSA) is 20.2 Å². The molecule has 0 aromatic heterocycles. The monoisotopic (exact) mass is 398 g/mol. The number of fused-ring (bicyclic) bond motifs is 5. The van der Waals surface area contributed by atoms with Crippen LogP contribution in [0.2, 0.25) is 0 Å². The quantitative estimate of drug-likeness (QED) is 0.489. The average Bonchev–Trinajstić information content (AvgIpc) is 3.04. The third-order valence-electron chi connectivity index (χ3n) is 10.6. The van der Waals surface area contributed by atoms with E-state index in [1.54, 1.807) is 5.57 Å². The predicted octanol–water partition coefficient (Wildman–Crippen LogP) is 7.41. The maximum atomic E-state index is 11.1. The molecule has 1 N–H and O–H groups in total. The van der Waals surface area contributed by atoms with Crippen LogP contribution in [0.4, 0.5) is 0 Å². The number of aliphatic hydroxyl groups excluding tert-OH is 1. The summed E-state index contributed by atoms with van der Waals surface area (Å²) in [5.74, 6) is 5.28. The molecule has 0 bridgehead atoms. The van der Waals surface area contributed by atoms with E-state index in [4.69, 9.17) is 0 Å². The number of hydrogen-bond acceptors (Lipinski definition) is 1. The normalized spacial score (nSPS) is 46.8. The molecule has 4 aliphatic carbocycles. The molecule has 1 nitrogen and oxygen atoms in total. The van der Waals surface area contributed by atoms with Gasteiger partial charge in [-0.05, 0) is 98.2 Å². The summed E-state index contributed by atoms with van der Waals surface area (Å²) in [5, 5.41) is 11.1. The van der Waals surface area contributed by atoms with E-state index in [1.807, 2.05) is 0 Å². The van der Waals surface area contributed by atoms with Crippen molar-refractivity contribution in [2.75, 3.05) is 0 Å². The van der Waals surface area contributed by atoms with Crippen LogP contribution in [0.15, 0.2) is 23.8 Å². The highest BCUT2D eigenvalue weighted by atomic mass is 16.3. The first-order chi connectivity index (χ1) is 13.7. The molecule has 0 spiro atoms. The fourth-order valence-electron chi connectivity index (χ4n) is 8.33. The minimum absolute atomic E-state index is 0.0683. The summed E-state index contributed by atoms with van der Waals surface area (Å²) in [6, 6.07) is 0. The van der Waals surface area contributed by atoms with Crippen molar-refractivity contribution in [1.29, 1.82) is 0 Å². The Kier molecular flexibility index (Phi) is 5.86. The number of rotatable bonds is 4. The van der Waals surface area contributed by atoms with Crippen LogP contribution in [0.5, 0.6) is 0 Å². The zero-order valence-corrected chi connectivity index (χ0v) is 20.0. The molecule has 3 fully saturated rings. The number of allylic oxidation sites excluding steroid dienone is 3. The molecule has 1 heteroatoms. The van der Waals surface area contributed by atoms with Gasteiger partial charge in [-0.2, -0.15) is 0 Å². The Morgan fingerprint density at radius 3 is 2.48 bits per heavy atom. The first-order valence-corrected chi connectivity index (χ1v) is 12.8. The Labute approximate surface area is 180 Å². The first kappa shape index (κ1) is 21.7. The van der Waals surface area contributed by atoms with Gasteiger partial charge in [-0.1, -0.05) is 65.3 Å². The fraction of sp³-hybridized carbons (Fsp3) is 0.857. The molecule has 3 saturated carbocycles. The van der Waals surface area contributed by atoms with Crippen molar-refractivity contribution in [3.63, 3.8) is 0 Å². The Balaban J connectivity index is 1.55. The van der Waals surface area contributed by atoms with E-state index in [1.165, 1.54) is 44.9 Å². The van der Waals surface area contributed by atoms with Crippen LogP contribution in [0.1, 0.15) is 92.9 Å². The van der Waals surface area contributed by atoms with E-state index in [0.29, 0.717) is 23.2 Å². The highest BCUT2D eigenvalue weighted by Gasteiger charge is 2.60. The van der Waals surface area contributed by atoms with Crippen LogP contribution >= 0.6 is 0 Å². The maximum Gasteiger partial charge on any atom is 0.0633 e. The molecule has 164 valence electrons. The zero-order valence-electron chi connectivity index (χ0n) is 20.0. The van der Waals surface area contributed by atoms with Gasteiger partial charge in [0.15, 0.2) is 0 Å². The zero-order chi connectivity index (χ0) is 21.0. The van der Waals surface area contributed by atoms with E-state index < -0.39 is 0 Å². The Morgan fingerprint density at radius 2 is 1.76 bits per heavy atom. The lowest BCUT2D eigenvalue weighted by molar-refractivity contribution is -0.0913. The van der Waals surface area contributed by atoms with Crippen molar-refractivity contribution < 1.29 is 5.11 Å². The van der Waals surface area contributed by atoms with Gasteiger partial charge in [0, 0.05) is 5.41 Å². The van der Waals surface area contributed by atoms with E-state index in [2.05, 4.69) is 59.8 Å². The molecule has 0 heterocycles. The van der Waals surface area contributed by atoms with Crippen LogP contribution in [-0.2, 0) is 0 Å². The minimum atomic E-state index is -0.115. The van der Waals surface area contributed by atoms with Gasteiger partial charge in [-0.25, -0.2) is 0 Å². The molecule has 9 atom stereocenters. The molecular formula is C28H46O. The summed E-state index contributed by atoms with van der Waals surface area (Å²) in [5.41, 5.74) is 2.17. The Hall–Kier alpha value is -0.560. The average molecular weight is 399 g/mol. The van der Waals surface area contributed by atoms with Gasteiger partial charge in [-0.15, -0.1) is 0 Å². The van der Waals surface area contributed by atoms with Crippen molar-refractivity contribution in [2.24, 2.45) is 52.3 Å². The van der Waals surface area contributed by atoms with Crippen LogP contribution in [0.25, 0.3) is 0 Å². The Morgan fingerprint density at radius 1 is 1.00 bits per heavy atom. The van der Waals surface area contributed by atoms with Crippen LogP contribution in [-0.4, -0.2) is 11.2 Å². The lowest BCUT2D eigenvalue weighted by Crippen LogP contribution is -2.54. The summed E-state index contributed by atoms with van der Waals surface area (Å²) in [6.45, 7) is 14.6. The fourth-order valence-corrected chi connectivity index (χ4v) is 8.33. The van der Waals surface area contributed by atoms with Gasteiger partial charge >= 0.3 is 0 Å². The van der Waals surface area contributed by atoms with Crippen LogP contribution in [0, 0.1) is 52.3 Å². The number of aliphatic hydroxyl groups is 1. The lowest BCUT2D eigenvalue weighted by Gasteiger charge is -2.59. The lowest BCUT2D eigenvalue weighted by atomic mass is 9.46.